The van der Waals surface area contributed by atoms with Gasteiger partial charge in [-0.15, -0.1) is 0 Å². The molecule has 0 amide bonds. The van der Waals surface area contributed by atoms with Crippen molar-refractivity contribution in [1.82, 2.24) is 5.32 Å². The summed E-state index contributed by atoms with van der Waals surface area (Å²) in [7, 11) is 2.06. The molecule has 100 valence electrons. The summed E-state index contributed by atoms with van der Waals surface area (Å²) in [5, 5.41) is 3.43. The van der Waals surface area contributed by atoms with E-state index >= 15 is 0 Å². The highest BCUT2D eigenvalue weighted by Gasteiger charge is 2.23. The highest BCUT2D eigenvalue weighted by Crippen LogP contribution is 2.31. The Morgan fingerprint density at radius 1 is 1.39 bits per heavy atom. The van der Waals surface area contributed by atoms with Gasteiger partial charge < -0.3 is 10.1 Å². The van der Waals surface area contributed by atoms with Gasteiger partial charge in [0.25, 0.3) is 0 Å². The second kappa shape index (κ2) is 6.91. The average molecular weight is 247 g/mol. The Morgan fingerprint density at radius 3 is 3.00 bits per heavy atom. The molecule has 1 aromatic carbocycles. The van der Waals surface area contributed by atoms with Gasteiger partial charge >= 0.3 is 0 Å². The molecule has 0 aromatic heterocycles. The molecular weight excluding hydrogens is 222 g/mol. The summed E-state index contributed by atoms with van der Waals surface area (Å²) in [5.41, 5.74) is 2.87. The van der Waals surface area contributed by atoms with Gasteiger partial charge in [0, 0.05) is 6.04 Å². The van der Waals surface area contributed by atoms with Gasteiger partial charge in [0.15, 0.2) is 0 Å². The molecule has 2 nitrogen and oxygen atoms in total. The fourth-order valence-corrected chi connectivity index (χ4v) is 2.76. The molecule has 0 aliphatic carbocycles. The predicted molar refractivity (Wildman–Crippen MR) is 75.8 cm³/mol. The zero-order chi connectivity index (χ0) is 12.8. The second-order valence-electron chi connectivity index (χ2n) is 5.17. The summed E-state index contributed by atoms with van der Waals surface area (Å²) >= 11 is 0. The zero-order valence-corrected chi connectivity index (χ0v) is 11.6. The van der Waals surface area contributed by atoms with Crippen molar-refractivity contribution in [2.75, 3.05) is 13.7 Å². The van der Waals surface area contributed by atoms with E-state index in [0.29, 0.717) is 6.04 Å². The van der Waals surface area contributed by atoms with E-state index in [1.165, 1.54) is 30.4 Å². The smallest absolute Gasteiger partial charge is 0.0842 e. The van der Waals surface area contributed by atoms with Crippen molar-refractivity contribution < 1.29 is 4.74 Å². The summed E-state index contributed by atoms with van der Waals surface area (Å²) in [6.07, 6.45) is 6.23. The maximum atomic E-state index is 5.98. The number of rotatable bonds is 6. The number of hydrogen-bond donors (Lipinski definition) is 1. The van der Waals surface area contributed by atoms with Crippen molar-refractivity contribution >= 4 is 0 Å². The highest BCUT2D eigenvalue weighted by molar-refractivity contribution is 5.31. The molecule has 1 N–H and O–H groups in total. The number of benzene rings is 1. The molecule has 0 saturated carbocycles. The van der Waals surface area contributed by atoms with E-state index in [-0.39, 0.29) is 6.10 Å². The lowest BCUT2D eigenvalue weighted by atomic mass is 9.92. The lowest BCUT2D eigenvalue weighted by Crippen LogP contribution is -2.29. The molecule has 0 saturated heterocycles. The molecule has 1 aliphatic heterocycles. The first-order valence-electron chi connectivity index (χ1n) is 7.21. The maximum absolute atomic E-state index is 5.98. The molecule has 18 heavy (non-hydrogen) atoms. The van der Waals surface area contributed by atoms with Crippen LogP contribution in [0.4, 0.5) is 0 Å². The van der Waals surface area contributed by atoms with Crippen LogP contribution in [0.5, 0.6) is 0 Å². The minimum atomic E-state index is 0.282. The summed E-state index contributed by atoms with van der Waals surface area (Å²) in [6, 6.07) is 9.30. The Balaban J connectivity index is 2.01. The van der Waals surface area contributed by atoms with E-state index in [4.69, 9.17) is 4.74 Å². The van der Waals surface area contributed by atoms with Crippen molar-refractivity contribution in [1.29, 1.82) is 0 Å². The lowest BCUT2D eigenvalue weighted by molar-refractivity contribution is 0.0292. The van der Waals surface area contributed by atoms with Crippen LogP contribution in [0.15, 0.2) is 24.3 Å². The van der Waals surface area contributed by atoms with Gasteiger partial charge in [0.1, 0.15) is 0 Å². The molecule has 1 aromatic rings. The first kappa shape index (κ1) is 13.6. The van der Waals surface area contributed by atoms with Gasteiger partial charge in [-0.25, -0.2) is 0 Å². The summed E-state index contributed by atoms with van der Waals surface area (Å²) in [6.45, 7) is 3.12. The topological polar surface area (TPSA) is 21.3 Å². The number of nitrogens with one attached hydrogen (secondary N) is 1. The molecule has 0 fully saturated rings. The maximum Gasteiger partial charge on any atom is 0.0842 e. The van der Waals surface area contributed by atoms with Gasteiger partial charge in [-0.1, -0.05) is 44.0 Å². The van der Waals surface area contributed by atoms with E-state index in [1.54, 1.807) is 0 Å². The van der Waals surface area contributed by atoms with Crippen LogP contribution >= 0.6 is 0 Å². The second-order valence-corrected chi connectivity index (χ2v) is 5.17. The third kappa shape index (κ3) is 3.33. The van der Waals surface area contributed by atoms with Crippen LogP contribution in [-0.4, -0.2) is 19.7 Å². The molecule has 1 aliphatic rings. The monoisotopic (exact) mass is 247 g/mol. The Kier molecular flexibility index (Phi) is 5.21. The minimum Gasteiger partial charge on any atom is -0.373 e. The average Bonchev–Trinajstić information content (AvgIpc) is 2.43. The van der Waals surface area contributed by atoms with Crippen molar-refractivity contribution in [2.24, 2.45) is 0 Å². The fourth-order valence-electron chi connectivity index (χ4n) is 2.76. The quantitative estimate of drug-likeness (QED) is 0.831. The zero-order valence-electron chi connectivity index (χ0n) is 11.6. The SMILES string of the molecule is CCCCC(CC1OCCc2ccccc21)NC. The van der Waals surface area contributed by atoms with E-state index in [2.05, 4.69) is 43.6 Å². The first-order valence-corrected chi connectivity index (χ1v) is 7.21. The van der Waals surface area contributed by atoms with Gasteiger partial charge in [0.05, 0.1) is 12.7 Å². The standard InChI is InChI=1S/C16H25NO/c1-3-4-8-14(17-2)12-16-15-9-6-5-7-13(15)10-11-18-16/h5-7,9,14,16-17H,3-4,8,10-12H2,1-2H3. The number of fused-ring (bicyclic) bond motifs is 1. The molecule has 2 heteroatoms. The van der Waals surface area contributed by atoms with Crippen LogP contribution in [0.3, 0.4) is 0 Å². The van der Waals surface area contributed by atoms with E-state index in [1.807, 2.05) is 0 Å². The largest absolute Gasteiger partial charge is 0.373 e. The Bertz CT molecular complexity index is 364. The molecule has 0 bridgehead atoms. The van der Waals surface area contributed by atoms with Crippen LogP contribution in [0, 0.1) is 0 Å². The predicted octanol–water partition coefficient (Wildman–Crippen LogP) is 3.47. The van der Waals surface area contributed by atoms with Gasteiger partial charge in [-0.05, 0) is 37.4 Å². The van der Waals surface area contributed by atoms with Crippen LogP contribution in [-0.2, 0) is 11.2 Å². The Labute approximate surface area is 111 Å². The van der Waals surface area contributed by atoms with Crippen LogP contribution in [0.25, 0.3) is 0 Å². The first-order chi connectivity index (χ1) is 8.85. The summed E-state index contributed by atoms with van der Waals surface area (Å²) in [4.78, 5) is 0. The lowest BCUT2D eigenvalue weighted by Gasteiger charge is -2.29. The van der Waals surface area contributed by atoms with Gasteiger partial charge in [-0.2, -0.15) is 0 Å². The normalized spacial score (nSPS) is 20.4. The molecule has 0 radical (unpaired) electrons. The number of ether oxygens (including phenoxy) is 1. The van der Waals surface area contributed by atoms with Gasteiger partial charge in [-0.3, -0.25) is 0 Å². The van der Waals surface area contributed by atoms with Crippen LogP contribution in [0.1, 0.15) is 49.8 Å². The third-order valence-corrected chi connectivity index (χ3v) is 3.91. The summed E-state index contributed by atoms with van der Waals surface area (Å²) in [5.74, 6) is 0. The van der Waals surface area contributed by atoms with Crippen molar-refractivity contribution in [3.05, 3.63) is 35.4 Å². The van der Waals surface area contributed by atoms with Crippen LogP contribution < -0.4 is 5.32 Å². The number of unbranched alkanes of at least 4 members (excludes halogenated alkanes) is 1. The molecule has 0 spiro atoms. The minimum absolute atomic E-state index is 0.282. The number of hydrogen-bond acceptors (Lipinski definition) is 2. The third-order valence-electron chi connectivity index (χ3n) is 3.91. The molecular formula is C16H25NO. The van der Waals surface area contributed by atoms with E-state index in [0.717, 1.165) is 19.4 Å². The summed E-state index contributed by atoms with van der Waals surface area (Å²) < 4.78 is 5.98. The Hall–Kier alpha value is -0.860. The van der Waals surface area contributed by atoms with Crippen molar-refractivity contribution in [2.45, 2.75) is 51.2 Å². The molecule has 2 unspecified atom stereocenters. The highest BCUT2D eigenvalue weighted by atomic mass is 16.5. The van der Waals surface area contributed by atoms with Crippen molar-refractivity contribution in [3.8, 4) is 0 Å². The van der Waals surface area contributed by atoms with Crippen molar-refractivity contribution in [3.63, 3.8) is 0 Å². The van der Waals surface area contributed by atoms with E-state index < -0.39 is 0 Å². The van der Waals surface area contributed by atoms with Gasteiger partial charge in [0.2, 0.25) is 0 Å². The molecule has 1 heterocycles. The Morgan fingerprint density at radius 2 is 2.22 bits per heavy atom. The molecule has 2 atom stereocenters. The van der Waals surface area contributed by atoms with E-state index in [9.17, 15) is 0 Å². The van der Waals surface area contributed by atoms with Crippen LogP contribution in [0.2, 0.25) is 0 Å². The fraction of sp³-hybridized carbons (Fsp3) is 0.625. The molecule has 2 rings (SSSR count).